The highest BCUT2D eigenvalue weighted by molar-refractivity contribution is 9.10. The van der Waals surface area contributed by atoms with Crippen LogP contribution in [0.1, 0.15) is 30.1 Å². The number of ether oxygens (including phenoxy) is 1. The number of rotatable bonds is 2. The molecule has 1 aromatic heterocycles. The topological polar surface area (TPSA) is 61.0 Å². The van der Waals surface area contributed by atoms with Crippen molar-refractivity contribution in [2.75, 3.05) is 5.73 Å². The number of aromatic nitrogens is 2. The number of nitrogen functional groups attached to an aromatic ring is 1. The van der Waals surface area contributed by atoms with Crippen molar-refractivity contribution in [3.05, 3.63) is 46.2 Å². The Hall–Kier alpha value is -1.62. The van der Waals surface area contributed by atoms with E-state index in [0.29, 0.717) is 16.2 Å². The quantitative estimate of drug-likeness (QED) is 0.922. The lowest BCUT2D eigenvalue weighted by atomic mass is 9.89. The van der Waals surface area contributed by atoms with Crippen molar-refractivity contribution in [1.82, 2.24) is 9.97 Å². The van der Waals surface area contributed by atoms with Crippen LogP contribution in [-0.2, 0) is 6.42 Å². The normalized spacial score (nSPS) is 17.8. The Morgan fingerprint density at radius 1 is 1.26 bits per heavy atom. The van der Waals surface area contributed by atoms with Gasteiger partial charge in [0.1, 0.15) is 22.7 Å². The van der Waals surface area contributed by atoms with E-state index in [-0.39, 0.29) is 6.10 Å². The van der Waals surface area contributed by atoms with Crippen LogP contribution in [0.3, 0.4) is 0 Å². The Morgan fingerprint density at radius 2 is 2.11 bits per heavy atom. The number of halogens is 1. The Labute approximate surface area is 120 Å². The summed E-state index contributed by atoms with van der Waals surface area (Å²) in [4.78, 5) is 8.06. The summed E-state index contributed by atoms with van der Waals surface area (Å²) in [5, 5.41) is 0. The van der Waals surface area contributed by atoms with Crippen LogP contribution in [0.5, 0.6) is 5.88 Å². The maximum Gasteiger partial charge on any atom is 0.233 e. The van der Waals surface area contributed by atoms with Gasteiger partial charge >= 0.3 is 0 Å². The molecule has 0 radical (unpaired) electrons. The second-order valence-corrected chi connectivity index (χ2v) is 5.37. The van der Waals surface area contributed by atoms with E-state index >= 15 is 0 Å². The number of benzene rings is 1. The maximum atomic E-state index is 6.02. The van der Waals surface area contributed by atoms with E-state index in [0.717, 1.165) is 19.3 Å². The molecule has 1 aromatic carbocycles. The van der Waals surface area contributed by atoms with Crippen LogP contribution in [0.15, 0.2) is 35.1 Å². The monoisotopic (exact) mass is 319 g/mol. The molecule has 0 saturated carbocycles. The molecular weight excluding hydrogens is 306 g/mol. The molecule has 0 spiro atoms. The molecule has 1 unspecified atom stereocenters. The first-order chi connectivity index (χ1) is 9.25. The summed E-state index contributed by atoms with van der Waals surface area (Å²) in [7, 11) is 0. The minimum Gasteiger partial charge on any atom is -0.469 e. The molecule has 0 amide bonds. The van der Waals surface area contributed by atoms with Crippen LogP contribution in [-0.4, -0.2) is 9.97 Å². The SMILES string of the molecule is Nc1ncnc(OC2CCCc3ccccc32)c1Br. The minimum atomic E-state index is 0.0375. The average Bonchev–Trinajstić information content (AvgIpc) is 2.44. The van der Waals surface area contributed by atoms with E-state index in [1.165, 1.54) is 17.5 Å². The fourth-order valence-electron chi connectivity index (χ4n) is 2.42. The zero-order chi connectivity index (χ0) is 13.2. The van der Waals surface area contributed by atoms with Gasteiger partial charge in [-0.25, -0.2) is 9.97 Å². The Kier molecular flexibility index (Phi) is 3.38. The number of nitrogens with two attached hydrogens (primary N) is 1. The van der Waals surface area contributed by atoms with Gasteiger partial charge in [0.05, 0.1) is 0 Å². The van der Waals surface area contributed by atoms with Gasteiger partial charge in [0.2, 0.25) is 5.88 Å². The molecule has 19 heavy (non-hydrogen) atoms. The van der Waals surface area contributed by atoms with Gasteiger partial charge < -0.3 is 10.5 Å². The summed E-state index contributed by atoms with van der Waals surface area (Å²) < 4.78 is 6.64. The standard InChI is InChI=1S/C14H14BrN3O/c15-12-13(16)17-8-18-14(12)19-11-7-3-5-9-4-1-2-6-10(9)11/h1-2,4,6,8,11H,3,5,7H2,(H2,16,17,18). The van der Waals surface area contributed by atoms with Gasteiger partial charge in [-0.3, -0.25) is 0 Å². The third kappa shape index (κ3) is 2.42. The summed E-state index contributed by atoms with van der Waals surface area (Å²) in [6, 6.07) is 8.40. The molecule has 2 N–H and O–H groups in total. The third-order valence-corrected chi connectivity index (χ3v) is 4.10. The fourth-order valence-corrected chi connectivity index (χ4v) is 2.71. The van der Waals surface area contributed by atoms with Crippen molar-refractivity contribution in [3.8, 4) is 5.88 Å². The van der Waals surface area contributed by atoms with Crippen molar-refractivity contribution in [1.29, 1.82) is 0 Å². The smallest absolute Gasteiger partial charge is 0.233 e. The summed E-state index contributed by atoms with van der Waals surface area (Å²) >= 11 is 3.37. The van der Waals surface area contributed by atoms with Gasteiger partial charge in [-0.15, -0.1) is 0 Å². The first-order valence-corrected chi connectivity index (χ1v) is 7.05. The highest BCUT2D eigenvalue weighted by atomic mass is 79.9. The van der Waals surface area contributed by atoms with E-state index in [4.69, 9.17) is 10.5 Å². The van der Waals surface area contributed by atoms with Crippen molar-refractivity contribution < 1.29 is 4.74 Å². The zero-order valence-electron chi connectivity index (χ0n) is 10.3. The first kappa shape index (κ1) is 12.4. The van der Waals surface area contributed by atoms with Gasteiger partial charge in [0, 0.05) is 0 Å². The highest BCUT2D eigenvalue weighted by Crippen LogP contribution is 2.36. The second-order valence-electron chi connectivity index (χ2n) is 4.58. The van der Waals surface area contributed by atoms with E-state index in [2.05, 4.69) is 44.1 Å². The fraction of sp³-hybridized carbons (Fsp3) is 0.286. The maximum absolute atomic E-state index is 6.02. The van der Waals surface area contributed by atoms with Gasteiger partial charge in [0.25, 0.3) is 0 Å². The molecule has 0 saturated heterocycles. The number of aryl methyl sites for hydroxylation is 1. The Balaban J connectivity index is 1.91. The van der Waals surface area contributed by atoms with Gasteiger partial charge in [-0.05, 0) is 46.3 Å². The van der Waals surface area contributed by atoms with Crippen LogP contribution in [0.4, 0.5) is 5.82 Å². The molecule has 98 valence electrons. The van der Waals surface area contributed by atoms with Crippen LogP contribution in [0.2, 0.25) is 0 Å². The summed E-state index contributed by atoms with van der Waals surface area (Å²) in [6.07, 6.45) is 4.69. The summed E-state index contributed by atoms with van der Waals surface area (Å²) in [5.74, 6) is 0.906. The van der Waals surface area contributed by atoms with E-state index < -0.39 is 0 Å². The van der Waals surface area contributed by atoms with E-state index in [1.807, 2.05) is 6.07 Å². The molecule has 0 bridgehead atoms. The summed E-state index contributed by atoms with van der Waals surface area (Å²) in [5.41, 5.74) is 8.35. The lowest BCUT2D eigenvalue weighted by molar-refractivity contribution is 0.174. The molecule has 1 heterocycles. The van der Waals surface area contributed by atoms with Gasteiger partial charge in [-0.1, -0.05) is 24.3 Å². The van der Waals surface area contributed by atoms with Crippen LogP contribution in [0, 0.1) is 0 Å². The van der Waals surface area contributed by atoms with Crippen LogP contribution in [0.25, 0.3) is 0 Å². The number of fused-ring (bicyclic) bond motifs is 1. The van der Waals surface area contributed by atoms with Crippen LogP contribution >= 0.6 is 15.9 Å². The van der Waals surface area contributed by atoms with Crippen molar-refractivity contribution in [3.63, 3.8) is 0 Å². The molecule has 5 heteroatoms. The molecule has 1 atom stereocenters. The predicted octanol–water partition coefficient (Wildman–Crippen LogP) is 3.28. The number of hydrogen-bond donors (Lipinski definition) is 1. The van der Waals surface area contributed by atoms with Crippen LogP contribution < -0.4 is 10.5 Å². The second kappa shape index (κ2) is 5.17. The third-order valence-electron chi connectivity index (χ3n) is 3.35. The molecule has 1 aliphatic rings. The molecule has 3 rings (SSSR count). The average molecular weight is 320 g/mol. The summed E-state index contributed by atoms with van der Waals surface area (Å²) in [6.45, 7) is 0. The van der Waals surface area contributed by atoms with E-state index in [9.17, 15) is 0 Å². The predicted molar refractivity (Wildman–Crippen MR) is 76.9 cm³/mol. The van der Waals surface area contributed by atoms with Crippen molar-refractivity contribution in [2.45, 2.75) is 25.4 Å². The molecule has 2 aromatic rings. The van der Waals surface area contributed by atoms with Gasteiger partial charge in [-0.2, -0.15) is 0 Å². The van der Waals surface area contributed by atoms with E-state index in [1.54, 1.807) is 0 Å². The largest absolute Gasteiger partial charge is 0.469 e. The van der Waals surface area contributed by atoms with Crippen molar-refractivity contribution >= 4 is 21.7 Å². The number of hydrogen-bond acceptors (Lipinski definition) is 4. The Bertz CT molecular complexity index is 603. The van der Waals surface area contributed by atoms with Crippen molar-refractivity contribution in [2.24, 2.45) is 0 Å². The lowest BCUT2D eigenvalue weighted by Gasteiger charge is -2.26. The zero-order valence-corrected chi connectivity index (χ0v) is 11.9. The Morgan fingerprint density at radius 3 is 3.00 bits per heavy atom. The molecule has 0 aliphatic heterocycles. The molecular formula is C14H14BrN3O. The number of anilines is 1. The highest BCUT2D eigenvalue weighted by Gasteiger charge is 2.22. The minimum absolute atomic E-state index is 0.0375. The molecule has 4 nitrogen and oxygen atoms in total. The molecule has 1 aliphatic carbocycles. The molecule has 0 fully saturated rings. The first-order valence-electron chi connectivity index (χ1n) is 6.26. The van der Waals surface area contributed by atoms with Gasteiger partial charge in [0.15, 0.2) is 0 Å². The number of nitrogens with zero attached hydrogens (tertiary/aromatic N) is 2. The lowest BCUT2D eigenvalue weighted by Crippen LogP contribution is -2.16.